The van der Waals surface area contributed by atoms with E-state index in [2.05, 4.69) is 24.1 Å². The second kappa shape index (κ2) is 6.12. The van der Waals surface area contributed by atoms with Gasteiger partial charge in [0.05, 0.1) is 0 Å². The van der Waals surface area contributed by atoms with Gasteiger partial charge in [-0.1, -0.05) is 6.07 Å². The number of carbonyl (C=O) groups is 1. The number of nitrogens with zero attached hydrogens (tertiary/aromatic N) is 1. The number of hydrogen-bond donors (Lipinski definition) is 2. The van der Waals surface area contributed by atoms with Crippen molar-refractivity contribution in [2.45, 2.75) is 25.9 Å². The van der Waals surface area contributed by atoms with Crippen molar-refractivity contribution < 1.29 is 9.18 Å². The predicted molar refractivity (Wildman–Crippen MR) is 74.4 cm³/mol. The second-order valence-electron chi connectivity index (χ2n) is 5.48. The lowest BCUT2D eigenvalue weighted by molar-refractivity contribution is 0.1000. The lowest BCUT2D eigenvalue weighted by atomic mass is 10.0. The van der Waals surface area contributed by atoms with Crippen LogP contribution in [0.25, 0.3) is 0 Å². The number of hydrogen-bond acceptors (Lipinski definition) is 3. The molecular formula is C14H22FN3O. The van der Waals surface area contributed by atoms with E-state index in [1.165, 1.54) is 6.07 Å². The van der Waals surface area contributed by atoms with Gasteiger partial charge in [-0.2, -0.15) is 0 Å². The number of benzene rings is 1. The molecule has 1 aromatic carbocycles. The number of halogens is 1. The fourth-order valence-electron chi connectivity index (χ4n) is 1.51. The summed E-state index contributed by atoms with van der Waals surface area (Å²) in [6.07, 6.45) is 0. The van der Waals surface area contributed by atoms with Crippen molar-refractivity contribution in [2.75, 3.05) is 20.6 Å². The summed E-state index contributed by atoms with van der Waals surface area (Å²) < 4.78 is 13.7. The Morgan fingerprint density at radius 1 is 1.42 bits per heavy atom. The third-order valence-electron chi connectivity index (χ3n) is 3.42. The van der Waals surface area contributed by atoms with Crippen LogP contribution in [0.15, 0.2) is 18.2 Å². The Morgan fingerprint density at radius 3 is 2.53 bits per heavy atom. The van der Waals surface area contributed by atoms with Gasteiger partial charge in [-0.15, -0.1) is 0 Å². The smallest absolute Gasteiger partial charge is 0.248 e. The van der Waals surface area contributed by atoms with Gasteiger partial charge in [0, 0.05) is 29.8 Å². The van der Waals surface area contributed by atoms with E-state index in [0.717, 1.165) is 6.54 Å². The van der Waals surface area contributed by atoms with E-state index in [1.54, 1.807) is 12.1 Å². The number of likely N-dealkylation sites (N-methyl/N-ethyl adjacent to an activating group) is 1. The molecule has 0 saturated carbocycles. The standard InChI is InChI=1S/C14H22FN3O/c1-14(2,18(3)4)9-17-8-11-6-5-10(13(16)19)7-12(11)15/h5-7,17H,8-9H2,1-4H3,(H2,16,19). The molecule has 0 aliphatic carbocycles. The molecule has 0 radical (unpaired) electrons. The first kappa shape index (κ1) is 15.6. The van der Waals surface area contributed by atoms with Gasteiger partial charge in [-0.25, -0.2) is 4.39 Å². The maximum Gasteiger partial charge on any atom is 0.248 e. The maximum atomic E-state index is 13.7. The summed E-state index contributed by atoms with van der Waals surface area (Å²) in [6, 6.07) is 4.31. The van der Waals surface area contributed by atoms with Gasteiger partial charge in [-0.3, -0.25) is 4.79 Å². The molecule has 0 bridgehead atoms. The average molecular weight is 267 g/mol. The molecule has 0 unspecified atom stereocenters. The van der Waals surface area contributed by atoms with E-state index in [0.29, 0.717) is 12.1 Å². The Morgan fingerprint density at radius 2 is 2.05 bits per heavy atom. The van der Waals surface area contributed by atoms with E-state index >= 15 is 0 Å². The molecule has 0 saturated heterocycles. The van der Waals surface area contributed by atoms with E-state index < -0.39 is 11.7 Å². The molecule has 0 fully saturated rings. The van der Waals surface area contributed by atoms with Crippen LogP contribution in [-0.2, 0) is 6.54 Å². The Kier molecular flexibility index (Phi) is 5.03. The molecule has 106 valence electrons. The number of rotatable bonds is 6. The first-order valence-electron chi connectivity index (χ1n) is 6.20. The molecule has 0 spiro atoms. The minimum Gasteiger partial charge on any atom is -0.366 e. The molecule has 1 aromatic rings. The molecule has 0 atom stereocenters. The van der Waals surface area contributed by atoms with Crippen LogP contribution in [0.2, 0.25) is 0 Å². The van der Waals surface area contributed by atoms with Crippen molar-refractivity contribution in [2.24, 2.45) is 5.73 Å². The number of primary amides is 1. The maximum absolute atomic E-state index is 13.7. The molecule has 0 aromatic heterocycles. The number of nitrogens with one attached hydrogen (secondary N) is 1. The zero-order valence-corrected chi connectivity index (χ0v) is 12.0. The Balaban J connectivity index is 2.62. The quantitative estimate of drug-likeness (QED) is 0.818. The lowest BCUT2D eigenvalue weighted by Gasteiger charge is -2.32. The monoisotopic (exact) mass is 267 g/mol. The minimum absolute atomic E-state index is 0.0103. The predicted octanol–water partition coefficient (Wildman–Crippen LogP) is 1.35. The highest BCUT2D eigenvalue weighted by atomic mass is 19.1. The zero-order chi connectivity index (χ0) is 14.6. The Hall–Kier alpha value is -1.46. The normalized spacial score (nSPS) is 11.9. The summed E-state index contributed by atoms with van der Waals surface area (Å²) in [6.45, 7) is 5.36. The summed E-state index contributed by atoms with van der Waals surface area (Å²) in [5.41, 5.74) is 5.80. The first-order chi connectivity index (χ1) is 8.74. The molecule has 0 aliphatic rings. The highest BCUT2D eigenvalue weighted by Crippen LogP contribution is 2.12. The van der Waals surface area contributed by atoms with Crippen molar-refractivity contribution in [1.29, 1.82) is 0 Å². The second-order valence-corrected chi connectivity index (χ2v) is 5.48. The summed E-state index contributed by atoms with van der Waals surface area (Å²) in [5.74, 6) is -1.03. The number of amides is 1. The Bertz CT molecular complexity index is 458. The lowest BCUT2D eigenvalue weighted by Crippen LogP contribution is -2.46. The topological polar surface area (TPSA) is 58.4 Å². The van der Waals surface area contributed by atoms with E-state index in [1.807, 2.05) is 14.1 Å². The molecule has 0 heterocycles. The highest BCUT2D eigenvalue weighted by molar-refractivity contribution is 5.92. The van der Waals surface area contributed by atoms with Gasteiger partial charge in [0.15, 0.2) is 0 Å². The van der Waals surface area contributed by atoms with Gasteiger partial charge in [-0.05, 0) is 40.1 Å². The van der Waals surface area contributed by atoms with Crippen LogP contribution >= 0.6 is 0 Å². The fourth-order valence-corrected chi connectivity index (χ4v) is 1.51. The van der Waals surface area contributed by atoms with Crippen molar-refractivity contribution in [3.63, 3.8) is 0 Å². The minimum atomic E-state index is -0.618. The molecule has 0 aliphatic heterocycles. The first-order valence-corrected chi connectivity index (χ1v) is 6.20. The van der Waals surface area contributed by atoms with Crippen LogP contribution < -0.4 is 11.1 Å². The highest BCUT2D eigenvalue weighted by Gasteiger charge is 2.19. The summed E-state index contributed by atoms with van der Waals surface area (Å²) in [5, 5.41) is 3.21. The van der Waals surface area contributed by atoms with Crippen molar-refractivity contribution >= 4 is 5.91 Å². The molecule has 5 heteroatoms. The molecular weight excluding hydrogens is 245 g/mol. The molecule has 1 rings (SSSR count). The van der Waals surface area contributed by atoms with Gasteiger partial charge in [0.1, 0.15) is 5.82 Å². The molecule has 4 nitrogen and oxygen atoms in total. The third-order valence-corrected chi connectivity index (χ3v) is 3.42. The molecule has 1 amide bonds. The number of carbonyl (C=O) groups excluding carboxylic acids is 1. The fraction of sp³-hybridized carbons (Fsp3) is 0.500. The van der Waals surface area contributed by atoms with Crippen LogP contribution in [0.5, 0.6) is 0 Å². The average Bonchev–Trinajstić information content (AvgIpc) is 2.30. The molecule has 3 N–H and O–H groups in total. The van der Waals surface area contributed by atoms with Crippen LogP contribution in [0.3, 0.4) is 0 Å². The summed E-state index contributed by atoms with van der Waals surface area (Å²) in [4.78, 5) is 13.0. The Labute approximate surface area is 113 Å². The van der Waals surface area contributed by atoms with Crippen LogP contribution in [-0.4, -0.2) is 37.0 Å². The number of nitrogens with two attached hydrogens (primary N) is 1. The van der Waals surface area contributed by atoms with E-state index in [-0.39, 0.29) is 11.1 Å². The van der Waals surface area contributed by atoms with E-state index in [4.69, 9.17) is 5.73 Å². The third kappa shape index (κ3) is 4.29. The van der Waals surface area contributed by atoms with Crippen molar-refractivity contribution in [3.8, 4) is 0 Å². The van der Waals surface area contributed by atoms with Gasteiger partial charge >= 0.3 is 0 Å². The van der Waals surface area contributed by atoms with Crippen LogP contribution in [0.1, 0.15) is 29.8 Å². The summed E-state index contributed by atoms with van der Waals surface area (Å²) in [7, 11) is 4.01. The summed E-state index contributed by atoms with van der Waals surface area (Å²) >= 11 is 0. The van der Waals surface area contributed by atoms with E-state index in [9.17, 15) is 9.18 Å². The SMILES string of the molecule is CN(C)C(C)(C)CNCc1ccc(C(N)=O)cc1F. The van der Waals surface area contributed by atoms with Gasteiger partial charge in [0.25, 0.3) is 0 Å². The zero-order valence-electron chi connectivity index (χ0n) is 12.0. The van der Waals surface area contributed by atoms with Crippen molar-refractivity contribution in [1.82, 2.24) is 10.2 Å². The van der Waals surface area contributed by atoms with Crippen molar-refractivity contribution in [3.05, 3.63) is 35.1 Å². The van der Waals surface area contributed by atoms with Gasteiger partial charge in [0.2, 0.25) is 5.91 Å². The largest absolute Gasteiger partial charge is 0.366 e. The van der Waals surface area contributed by atoms with Crippen LogP contribution in [0.4, 0.5) is 4.39 Å². The van der Waals surface area contributed by atoms with Gasteiger partial charge < -0.3 is 16.0 Å². The van der Waals surface area contributed by atoms with Crippen LogP contribution in [0, 0.1) is 5.82 Å². The molecule has 19 heavy (non-hydrogen) atoms.